The summed E-state index contributed by atoms with van der Waals surface area (Å²) in [4.78, 5) is 3.75. The Morgan fingerprint density at radius 3 is 2.59 bits per heavy atom. The zero-order valence-corrected chi connectivity index (χ0v) is 9.72. The number of hydrogen-bond donors (Lipinski definition) is 1. The van der Waals surface area contributed by atoms with Crippen LogP contribution in [0.1, 0.15) is 5.56 Å². The molecule has 0 unspecified atom stereocenters. The van der Waals surface area contributed by atoms with Crippen molar-refractivity contribution in [2.75, 3.05) is 5.32 Å². The highest BCUT2D eigenvalue weighted by molar-refractivity contribution is 6.30. The zero-order chi connectivity index (χ0) is 12.4. The first-order valence-electron chi connectivity index (χ1n) is 4.90. The van der Waals surface area contributed by atoms with Gasteiger partial charge in [-0.15, -0.1) is 0 Å². The zero-order valence-electron chi connectivity index (χ0n) is 8.97. The third kappa shape index (κ3) is 2.71. The van der Waals surface area contributed by atoms with Crippen LogP contribution in [0, 0.1) is 18.6 Å². The lowest BCUT2D eigenvalue weighted by Crippen LogP contribution is -1.99. The monoisotopic (exact) mass is 254 g/mol. The lowest BCUT2D eigenvalue weighted by molar-refractivity contribution is 0.621. The molecular weight excluding hydrogens is 246 g/mol. The maximum Gasteiger partial charge on any atom is 0.167 e. The second-order valence-corrected chi connectivity index (χ2v) is 4.03. The van der Waals surface area contributed by atoms with Gasteiger partial charge in [0.15, 0.2) is 11.6 Å². The van der Waals surface area contributed by atoms with Gasteiger partial charge >= 0.3 is 0 Å². The van der Waals surface area contributed by atoms with E-state index in [1.54, 1.807) is 13.0 Å². The molecule has 2 nitrogen and oxygen atoms in total. The minimum absolute atomic E-state index is 0.0582. The molecule has 1 N–H and O–H groups in total. The average Bonchev–Trinajstić information content (AvgIpc) is 2.25. The smallest absolute Gasteiger partial charge is 0.167 e. The van der Waals surface area contributed by atoms with E-state index >= 15 is 0 Å². The molecule has 2 aromatic rings. The average molecular weight is 255 g/mol. The SMILES string of the molecule is Cc1ccc(Nc2ncc(Cl)cc2F)c(F)c1. The highest BCUT2D eigenvalue weighted by atomic mass is 35.5. The number of halogens is 3. The van der Waals surface area contributed by atoms with Crippen LogP contribution >= 0.6 is 11.6 Å². The molecule has 2 rings (SSSR count). The van der Waals surface area contributed by atoms with E-state index < -0.39 is 11.6 Å². The van der Waals surface area contributed by atoms with E-state index in [1.807, 2.05) is 0 Å². The van der Waals surface area contributed by atoms with Gasteiger partial charge in [-0.3, -0.25) is 0 Å². The molecule has 0 amide bonds. The summed E-state index contributed by atoms with van der Waals surface area (Å²) in [6.07, 6.45) is 1.29. The molecular formula is C12H9ClF2N2. The van der Waals surface area contributed by atoms with Crippen LogP contribution < -0.4 is 5.32 Å². The highest BCUT2D eigenvalue weighted by Crippen LogP contribution is 2.22. The molecule has 0 saturated carbocycles. The van der Waals surface area contributed by atoms with Crippen LogP contribution in [0.25, 0.3) is 0 Å². The van der Waals surface area contributed by atoms with Gasteiger partial charge in [-0.2, -0.15) is 0 Å². The number of aromatic nitrogens is 1. The van der Waals surface area contributed by atoms with Gasteiger partial charge in [0, 0.05) is 6.20 Å². The van der Waals surface area contributed by atoms with Crippen LogP contribution in [0.15, 0.2) is 30.5 Å². The highest BCUT2D eigenvalue weighted by Gasteiger charge is 2.08. The first-order valence-corrected chi connectivity index (χ1v) is 5.28. The first-order chi connectivity index (χ1) is 8.06. The topological polar surface area (TPSA) is 24.9 Å². The Morgan fingerprint density at radius 2 is 1.94 bits per heavy atom. The lowest BCUT2D eigenvalue weighted by atomic mass is 10.2. The Hall–Kier alpha value is -1.68. The number of benzene rings is 1. The van der Waals surface area contributed by atoms with E-state index in [0.29, 0.717) is 0 Å². The van der Waals surface area contributed by atoms with E-state index in [0.717, 1.165) is 11.6 Å². The van der Waals surface area contributed by atoms with Gasteiger partial charge in [0.1, 0.15) is 5.82 Å². The standard InChI is InChI=1S/C12H9ClF2N2/c1-7-2-3-11(9(14)4-7)17-12-10(15)5-8(13)6-16-12/h2-6H,1H3,(H,16,17). The van der Waals surface area contributed by atoms with Crippen molar-refractivity contribution in [3.63, 3.8) is 0 Å². The normalized spacial score (nSPS) is 10.4. The second kappa shape index (κ2) is 4.67. The Kier molecular flexibility index (Phi) is 3.24. The van der Waals surface area contributed by atoms with Gasteiger partial charge in [0.2, 0.25) is 0 Å². The number of nitrogens with zero attached hydrogens (tertiary/aromatic N) is 1. The molecule has 0 spiro atoms. The molecule has 1 heterocycles. The van der Waals surface area contributed by atoms with Gasteiger partial charge in [-0.05, 0) is 30.7 Å². The van der Waals surface area contributed by atoms with Gasteiger partial charge < -0.3 is 5.32 Å². The van der Waals surface area contributed by atoms with E-state index in [1.165, 1.54) is 18.3 Å². The molecule has 1 aromatic heterocycles. The lowest BCUT2D eigenvalue weighted by Gasteiger charge is -2.08. The number of anilines is 2. The number of rotatable bonds is 2. The summed E-state index contributed by atoms with van der Waals surface area (Å²) in [6, 6.07) is 5.72. The largest absolute Gasteiger partial charge is 0.335 e. The van der Waals surface area contributed by atoms with Crippen LogP contribution in [0.3, 0.4) is 0 Å². The fraction of sp³-hybridized carbons (Fsp3) is 0.0833. The van der Waals surface area contributed by atoms with Crippen LogP contribution in [0.2, 0.25) is 5.02 Å². The quantitative estimate of drug-likeness (QED) is 0.874. The van der Waals surface area contributed by atoms with Crippen molar-refractivity contribution in [3.05, 3.63) is 52.7 Å². The first kappa shape index (κ1) is 11.8. The summed E-state index contributed by atoms with van der Waals surface area (Å²) in [5, 5.41) is 2.77. The Bertz CT molecular complexity index is 509. The molecule has 0 saturated heterocycles. The van der Waals surface area contributed by atoms with Gasteiger partial charge in [0.25, 0.3) is 0 Å². The number of pyridine rings is 1. The molecule has 0 fully saturated rings. The van der Waals surface area contributed by atoms with Crippen molar-refractivity contribution in [1.29, 1.82) is 0 Å². The van der Waals surface area contributed by atoms with Gasteiger partial charge in [-0.1, -0.05) is 17.7 Å². The Balaban J connectivity index is 2.31. The van der Waals surface area contributed by atoms with E-state index in [2.05, 4.69) is 10.3 Å². The van der Waals surface area contributed by atoms with Crippen LogP contribution in [0.5, 0.6) is 0 Å². The van der Waals surface area contributed by atoms with E-state index in [4.69, 9.17) is 11.6 Å². The number of hydrogen-bond acceptors (Lipinski definition) is 2. The summed E-state index contributed by atoms with van der Waals surface area (Å²) in [7, 11) is 0. The minimum atomic E-state index is -0.627. The molecule has 5 heteroatoms. The maximum atomic E-state index is 13.5. The molecule has 0 aliphatic carbocycles. The summed E-state index contributed by atoms with van der Waals surface area (Å²) >= 11 is 5.57. The molecule has 88 valence electrons. The Morgan fingerprint density at radius 1 is 1.18 bits per heavy atom. The van der Waals surface area contributed by atoms with Crippen molar-refractivity contribution in [1.82, 2.24) is 4.98 Å². The van der Waals surface area contributed by atoms with Crippen LogP contribution in [0.4, 0.5) is 20.3 Å². The summed E-state index contributed by atoms with van der Waals surface area (Å²) in [5.74, 6) is -1.14. The van der Waals surface area contributed by atoms with Crippen molar-refractivity contribution in [2.24, 2.45) is 0 Å². The fourth-order valence-corrected chi connectivity index (χ4v) is 1.50. The fourth-order valence-electron chi connectivity index (χ4n) is 1.36. The predicted molar refractivity (Wildman–Crippen MR) is 63.6 cm³/mol. The second-order valence-electron chi connectivity index (χ2n) is 3.59. The minimum Gasteiger partial charge on any atom is -0.335 e. The van der Waals surface area contributed by atoms with Gasteiger partial charge in [0.05, 0.1) is 10.7 Å². The molecule has 0 aliphatic heterocycles. The van der Waals surface area contributed by atoms with Crippen molar-refractivity contribution < 1.29 is 8.78 Å². The van der Waals surface area contributed by atoms with Gasteiger partial charge in [-0.25, -0.2) is 13.8 Å². The third-order valence-electron chi connectivity index (χ3n) is 2.19. The molecule has 17 heavy (non-hydrogen) atoms. The van der Waals surface area contributed by atoms with Crippen LogP contribution in [-0.4, -0.2) is 4.98 Å². The summed E-state index contributed by atoms with van der Waals surface area (Å²) in [6.45, 7) is 1.77. The van der Waals surface area contributed by atoms with Crippen LogP contribution in [-0.2, 0) is 0 Å². The van der Waals surface area contributed by atoms with Crippen molar-refractivity contribution in [3.8, 4) is 0 Å². The molecule has 0 bridgehead atoms. The molecule has 0 radical (unpaired) electrons. The molecule has 0 aliphatic rings. The molecule has 0 atom stereocenters. The van der Waals surface area contributed by atoms with E-state index in [-0.39, 0.29) is 16.5 Å². The maximum absolute atomic E-state index is 13.5. The van der Waals surface area contributed by atoms with Crippen molar-refractivity contribution in [2.45, 2.75) is 6.92 Å². The number of nitrogens with one attached hydrogen (secondary N) is 1. The molecule has 1 aromatic carbocycles. The Labute approximate surface area is 102 Å². The summed E-state index contributed by atoms with van der Waals surface area (Å²) < 4.78 is 26.9. The summed E-state index contributed by atoms with van der Waals surface area (Å²) in [5.41, 5.74) is 0.960. The van der Waals surface area contributed by atoms with Crippen molar-refractivity contribution >= 4 is 23.1 Å². The third-order valence-corrected chi connectivity index (χ3v) is 2.39. The predicted octanol–water partition coefficient (Wildman–Crippen LogP) is 4.07. The van der Waals surface area contributed by atoms with E-state index in [9.17, 15) is 8.78 Å². The number of aryl methyl sites for hydroxylation is 1.